The Morgan fingerprint density at radius 2 is 0.912 bits per heavy atom. The van der Waals surface area contributed by atoms with Crippen LogP contribution in [-0.4, -0.2) is 28.2 Å². The van der Waals surface area contributed by atoms with E-state index in [1.165, 1.54) is 11.1 Å². The Bertz CT molecular complexity index is 804. The van der Waals surface area contributed by atoms with Crippen LogP contribution in [0.15, 0.2) is 84.2 Å². The molecule has 0 heterocycles. The second-order valence-electron chi connectivity index (χ2n) is 11.8. The van der Waals surface area contributed by atoms with Gasteiger partial charge in [-0.25, -0.2) is 0 Å². The standard InChI is InChI=1S/C30H48N2Si2/c1-25(27-17-11-9-12-18-27)31-29(21-15-23-33(3,4)5)30(22-16-24-34(6,7)8)32-26(2)28-19-13-10-14-20-28/h9-20,23-26,29-32H,21-22H2,1-8H3/b23-15+,24-16+/t25-,26-,29-,30-/m0/s1. The van der Waals surface area contributed by atoms with E-state index in [2.05, 4.69) is 148 Å². The Labute approximate surface area is 212 Å². The molecule has 0 aliphatic rings. The molecule has 4 atom stereocenters. The molecule has 2 rings (SSSR count). The van der Waals surface area contributed by atoms with Crippen LogP contribution in [0, 0.1) is 0 Å². The maximum atomic E-state index is 4.00. The van der Waals surface area contributed by atoms with Crippen molar-refractivity contribution in [1.82, 2.24) is 10.6 Å². The smallest absolute Gasteiger partial charge is 0.0682 e. The van der Waals surface area contributed by atoms with Crippen molar-refractivity contribution in [3.63, 3.8) is 0 Å². The van der Waals surface area contributed by atoms with E-state index in [0.717, 1.165) is 12.8 Å². The number of hydrogen-bond donors (Lipinski definition) is 2. The van der Waals surface area contributed by atoms with Crippen LogP contribution in [0.3, 0.4) is 0 Å². The van der Waals surface area contributed by atoms with Crippen LogP contribution >= 0.6 is 0 Å². The second-order valence-corrected chi connectivity index (χ2v) is 22.0. The molecule has 2 aromatic rings. The fourth-order valence-corrected chi connectivity index (χ4v) is 5.84. The fraction of sp³-hybridized carbons (Fsp3) is 0.467. The minimum absolute atomic E-state index is 0.295. The molecule has 2 aromatic carbocycles. The van der Waals surface area contributed by atoms with E-state index in [0.29, 0.717) is 24.2 Å². The third kappa shape index (κ3) is 11.1. The monoisotopic (exact) mass is 492 g/mol. The van der Waals surface area contributed by atoms with Crippen molar-refractivity contribution in [1.29, 1.82) is 0 Å². The predicted molar refractivity (Wildman–Crippen MR) is 158 cm³/mol. The molecule has 0 aliphatic heterocycles. The minimum Gasteiger partial charge on any atom is -0.306 e. The minimum atomic E-state index is -1.23. The lowest BCUT2D eigenvalue weighted by Crippen LogP contribution is -2.49. The van der Waals surface area contributed by atoms with Gasteiger partial charge in [-0.15, -0.1) is 0 Å². The van der Waals surface area contributed by atoms with Crippen LogP contribution in [0.25, 0.3) is 0 Å². The average molecular weight is 493 g/mol. The molecule has 2 nitrogen and oxygen atoms in total. The first-order valence-corrected chi connectivity index (χ1v) is 20.1. The van der Waals surface area contributed by atoms with Crippen LogP contribution in [0.4, 0.5) is 0 Å². The van der Waals surface area contributed by atoms with Crippen molar-refractivity contribution in [2.24, 2.45) is 0 Å². The van der Waals surface area contributed by atoms with Crippen molar-refractivity contribution in [2.75, 3.05) is 0 Å². The molecule has 0 spiro atoms. The van der Waals surface area contributed by atoms with Crippen LogP contribution in [0.2, 0.25) is 39.3 Å². The molecule has 0 aromatic heterocycles. The molecular formula is C30H48N2Si2. The molecule has 0 saturated carbocycles. The number of nitrogens with one attached hydrogen (secondary N) is 2. The van der Waals surface area contributed by atoms with Crippen molar-refractivity contribution < 1.29 is 0 Å². The molecule has 0 unspecified atom stereocenters. The lowest BCUT2D eigenvalue weighted by Gasteiger charge is -2.33. The summed E-state index contributed by atoms with van der Waals surface area (Å²) < 4.78 is 0. The van der Waals surface area contributed by atoms with E-state index < -0.39 is 16.1 Å². The molecule has 34 heavy (non-hydrogen) atoms. The summed E-state index contributed by atoms with van der Waals surface area (Å²) in [7, 11) is -2.47. The third-order valence-corrected chi connectivity index (χ3v) is 8.50. The molecule has 0 bridgehead atoms. The van der Waals surface area contributed by atoms with E-state index in [1.54, 1.807) is 0 Å². The Morgan fingerprint density at radius 1 is 0.588 bits per heavy atom. The summed E-state index contributed by atoms with van der Waals surface area (Å²) >= 11 is 0. The first kappa shape index (κ1) is 28.5. The lowest BCUT2D eigenvalue weighted by atomic mass is 9.97. The van der Waals surface area contributed by atoms with Gasteiger partial charge >= 0.3 is 0 Å². The Balaban J connectivity index is 2.31. The van der Waals surface area contributed by atoms with E-state index in [1.807, 2.05) is 0 Å². The summed E-state index contributed by atoms with van der Waals surface area (Å²) in [6, 6.07) is 22.9. The van der Waals surface area contributed by atoms with Gasteiger partial charge < -0.3 is 10.6 Å². The van der Waals surface area contributed by atoms with Gasteiger partial charge in [-0.2, -0.15) is 0 Å². The first-order chi connectivity index (χ1) is 15.9. The van der Waals surface area contributed by atoms with Crippen LogP contribution in [-0.2, 0) is 0 Å². The van der Waals surface area contributed by atoms with Gasteiger partial charge in [0, 0.05) is 24.2 Å². The predicted octanol–water partition coefficient (Wildman–Crippen LogP) is 8.07. The van der Waals surface area contributed by atoms with Gasteiger partial charge in [0.1, 0.15) is 0 Å². The van der Waals surface area contributed by atoms with E-state index in [9.17, 15) is 0 Å². The zero-order valence-electron chi connectivity index (χ0n) is 22.8. The summed E-state index contributed by atoms with van der Waals surface area (Å²) in [5, 5.41) is 8.01. The van der Waals surface area contributed by atoms with Crippen molar-refractivity contribution >= 4 is 16.1 Å². The average Bonchev–Trinajstić information content (AvgIpc) is 2.77. The Hall–Kier alpha value is -1.73. The maximum absolute atomic E-state index is 4.00. The van der Waals surface area contributed by atoms with Gasteiger partial charge in [0.05, 0.1) is 16.1 Å². The van der Waals surface area contributed by atoms with Crippen molar-refractivity contribution in [3.05, 3.63) is 95.3 Å². The van der Waals surface area contributed by atoms with Gasteiger partial charge in [0.15, 0.2) is 0 Å². The highest BCUT2D eigenvalue weighted by Crippen LogP contribution is 2.20. The summed E-state index contributed by atoms with van der Waals surface area (Å²) in [5.41, 5.74) is 7.66. The SMILES string of the molecule is C[C@H](N[C@@H](C/C=C/[Si](C)(C)C)[C@H](C/C=C/[Si](C)(C)C)N[C@@H](C)c1ccccc1)c1ccccc1. The van der Waals surface area contributed by atoms with Gasteiger partial charge in [-0.05, 0) is 37.8 Å². The number of hydrogen-bond acceptors (Lipinski definition) is 2. The highest BCUT2D eigenvalue weighted by Gasteiger charge is 2.24. The molecular weight excluding hydrogens is 445 g/mol. The normalized spacial score (nSPS) is 16.6. The molecule has 0 radical (unpaired) electrons. The second kappa shape index (κ2) is 13.4. The van der Waals surface area contributed by atoms with E-state index >= 15 is 0 Å². The lowest BCUT2D eigenvalue weighted by molar-refractivity contribution is 0.324. The molecule has 186 valence electrons. The van der Waals surface area contributed by atoms with Gasteiger partial charge in [-0.1, -0.05) is 123 Å². The highest BCUT2D eigenvalue weighted by molar-refractivity contribution is 6.81. The van der Waals surface area contributed by atoms with Crippen LogP contribution in [0.1, 0.15) is 49.9 Å². The molecule has 0 fully saturated rings. The summed E-state index contributed by atoms with van der Waals surface area (Å²) in [5.74, 6) is 0. The Morgan fingerprint density at radius 3 is 1.21 bits per heavy atom. The molecule has 0 amide bonds. The van der Waals surface area contributed by atoms with Crippen molar-refractivity contribution in [2.45, 2.75) is 90.1 Å². The zero-order chi connectivity index (χ0) is 25.2. The summed E-state index contributed by atoms with van der Waals surface area (Å²) in [6.45, 7) is 19.0. The van der Waals surface area contributed by atoms with Gasteiger partial charge in [-0.3, -0.25) is 0 Å². The van der Waals surface area contributed by atoms with Gasteiger partial charge in [0.2, 0.25) is 0 Å². The topological polar surface area (TPSA) is 24.1 Å². The number of benzene rings is 2. The molecule has 4 heteroatoms. The quantitative estimate of drug-likeness (QED) is 0.276. The van der Waals surface area contributed by atoms with Crippen LogP contribution < -0.4 is 10.6 Å². The summed E-state index contributed by atoms with van der Waals surface area (Å²) in [6.07, 6.45) is 6.93. The third-order valence-electron chi connectivity index (χ3n) is 6.03. The zero-order valence-corrected chi connectivity index (χ0v) is 24.8. The first-order valence-electron chi connectivity index (χ1n) is 12.9. The van der Waals surface area contributed by atoms with Gasteiger partial charge in [0.25, 0.3) is 0 Å². The number of rotatable bonds is 13. The van der Waals surface area contributed by atoms with Crippen molar-refractivity contribution in [3.8, 4) is 0 Å². The van der Waals surface area contributed by atoms with E-state index in [-0.39, 0.29) is 0 Å². The van der Waals surface area contributed by atoms with E-state index in [4.69, 9.17) is 0 Å². The fourth-order valence-electron chi connectivity index (χ4n) is 4.15. The molecule has 2 N–H and O–H groups in total. The summed E-state index contributed by atoms with van der Waals surface area (Å²) in [4.78, 5) is 0. The largest absolute Gasteiger partial charge is 0.306 e. The van der Waals surface area contributed by atoms with Crippen LogP contribution in [0.5, 0.6) is 0 Å². The highest BCUT2D eigenvalue weighted by atomic mass is 28.3. The maximum Gasteiger partial charge on any atom is 0.0682 e. The Kier molecular flexibility index (Phi) is 11.2. The molecule has 0 saturated heterocycles. The molecule has 0 aliphatic carbocycles.